The summed E-state index contributed by atoms with van der Waals surface area (Å²) in [7, 11) is 4.71. The van der Waals surface area contributed by atoms with Crippen LogP contribution < -0.4 is 57.6 Å². The number of amides is 5. The van der Waals surface area contributed by atoms with Crippen LogP contribution in [0.4, 0.5) is 0 Å². The van der Waals surface area contributed by atoms with E-state index in [1.165, 1.54) is 59.9 Å². The number of aromatic hydroxyl groups is 1. The molecule has 3 aliphatic heterocycles. The number of benzene rings is 6. The number of hydrogen-bond donors (Lipinski definition) is 5. The van der Waals surface area contributed by atoms with Crippen molar-refractivity contribution in [2.45, 2.75) is 91.5 Å². The molecule has 580 valence electrons. The minimum atomic E-state index is -0.671. The Morgan fingerprint density at radius 3 is 1.18 bits per heavy atom. The minimum Gasteiger partial charge on any atom is -0.502 e. The van der Waals surface area contributed by atoms with Gasteiger partial charge in [0.05, 0.1) is 75.3 Å². The highest BCUT2D eigenvalue weighted by Crippen LogP contribution is 2.36. The van der Waals surface area contributed by atoms with Crippen LogP contribution >= 0.6 is 0 Å². The van der Waals surface area contributed by atoms with Gasteiger partial charge in [-0.15, -0.1) is 0 Å². The van der Waals surface area contributed by atoms with Gasteiger partial charge in [-0.3, -0.25) is 53.1 Å². The van der Waals surface area contributed by atoms with Crippen molar-refractivity contribution >= 4 is 29.5 Å². The Morgan fingerprint density at radius 2 is 0.809 bits per heavy atom. The molecule has 9 aromatic rings. The van der Waals surface area contributed by atoms with Crippen LogP contribution in [0, 0.1) is 0 Å². The maximum atomic E-state index is 14.0. The summed E-state index contributed by atoms with van der Waals surface area (Å²) < 4.78 is 32.4. The van der Waals surface area contributed by atoms with Crippen LogP contribution in [-0.4, -0.2) is 157 Å². The van der Waals surface area contributed by atoms with Gasteiger partial charge >= 0.3 is 0 Å². The van der Waals surface area contributed by atoms with Gasteiger partial charge in [0, 0.05) is 79.6 Å². The summed E-state index contributed by atoms with van der Waals surface area (Å²) in [4.78, 5) is 106. The molecule has 0 saturated heterocycles. The Balaban J connectivity index is 0.000000180. The number of nitrogens with zero attached hydrogens (tertiary/aromatic N) is 8. The monoisotopic (exact) mass is 1500 g/mol. The number of carbonyl (C=O) groups excluding carboxylic acids is 5. The molecular formula is C84H100N12O14. The number of aromatic nitrogens is 3. The molecule has 0 spiro atoms. The quantitative estimate of drug-likeness (QED) is 0.0263. The summed E-state index contributed by atoms with van der Waals surface area (Å²) in [6.07, 6.45) is 4.35. The zero-order chi connectivity index (χ0) is 78.5. The molecule has 3 aromatic heterocycles. The van der Waals surface area contributed by atoms with Crippen LogP contribution in [0.2, 0.25) is 0 Å². The molecule has 0 saturated carbocycles. The van der Waals surface area contributed by atoms with Crippen molar-refractivity contribution in [3.8, 4) is 17.2 Å². The normalized spacial score (nSPS) is 12.8. The molecule has 0 radical (unpaired) electrons. The van der Waals surface area contributed by atoms with Crippen LogP contribution in [0.25, 0.3) is 0 Å². The number of rotatable bonds is 30. The molecule has 6 N–H and O–H groups in total. The lowest BCUT2D eigenvalue weighted by molar-refractivity contribution is -0.120. The summed E-state index contributed by atoms with van der Waals surface area (Å²) in [5, 5.41) is 19.4. The summed E-state index contributed by atoms with van der Waals surface area (Å²) in [5.74, 6) is -2.11. The van der Waals surface area contributed by atoms with Crippen LogP contribution in [0.1, 0.15) is 147 Å². The Bertz CT molecular complexity index is 4550. The lowest BCUT2D eigenvalue weighted by Crippen LogP contribution is -2.57. The van der Waals surface area contributed by atoms with E-state index in [2.05, 4.69) is 111 Å². The topological polar surface area (TPSA) is 296 Å². The largest absolute Gasteiger partial charge is 0.502 e. The highest BCUT2D eigenvalue weighted by Gasteiger charge is 2.41. The number of methoxy groups -OCH3 is 3. The fourth-order valence-electron chi connectivity index (χ4n) is 12.9. The Morgan fingerprint density at radius 1 is 0.464 bits per heavy atom. The zero-order valence-electron chi connectivity index (χ0n) is 63.6. The van der Waals surface area contributed by atoms with E-state index in [1.807, 2.05) is 111 Å². The number of fused-ring (bicyclic) bond motifs is 3. The van der Waals surface area contributed by atoms with E-state index >= 15 is 0 Å². The number of unbranched alkanes of at least 4 members (excludes halogenated alkanes) is 2. The highest BCUT2D eigenvalue weighted by atomic mass is 16.5. The molecular weight excluding hydrogens is 1400 g/mol. The molecule has 26 heteroatoms. The van der Waals surface area contributed by atoms with Gasteiger partial charge in [0.25, 0.3) is 17.7 Å². The van der Waals surface area contributed by atoms with Gasteiger partial charge in [0.2, 0.25) is 28.1 Å². The third kappa shape index (κ3) is 21.1. The van der Waals surface area contributed by atoms with Crippen molar-refractivity contribution < 1.29 is 52.8 Å². The van der Waals surface area contributed by atoms with Crippen molar-refractivity contribution in [2.75, 3.05) is 109 Å². The van der Waals surface area contributed by atoms with E-state index in [9.17, 15) is 43.5 Å². The summed E-state index contributed by atoms with van der Waals surface area (Å²) >= 11 is 0. The van der Waals surface area contributed by atoms with Gasteiger partial charge < -0.3 is 65.3 Å². The van der Waals surface area contributed by atoms with E-state index in [1.54, 1.807) is 33.4 Å². The minimum absolute atomic E-state index is 0.0204. The molecule has 6 heterocycles. The second-order valence-corrected chi connectivity index (χ2v) is 26.2. The van der Waals surface area contributed by atoms with Gasteiger partial charge in [-0.1, -0.05) is 209 Å². The lowest BCUT2D eigenvalue weighted by atomic mass is 9.98. The molecule has 0 atom stereocenters. The SMILES string of the molecule is CCCCOc1c2n(c(CN)cc1=O)N(C(c1ccccc1)c1ccccc1)CN(CCOC)C2=O.CCCCOc1c2n(c(CNC(C)=O)cc1=O)N(C(c1ccccc1)c1ccccc1)CN(CCOC)C2=O.COCCN1CNn2c(CNC(C)=O)cc(=O)c(O)c2C1=O.c1ccc(Cc2ccccc2)cc1. The molecule has 5 amide bonds. The maximum absolute atomic E-state index is 14.0. The number of hydrogen-bond acceptors (Lipinski definition) is 18. The summed E-state index contributed by atoms with van der Waals surface area (Å²) in [6.45, 7) is 10.5. The van der Waals surface area contributed by atoms with Gasteiger partial charge in [-0.25, -0.2) is 9.35 Å². The van der Waals surface area contributed by atoms with Crippen molar-refractivity contribution in [3.63, 3.8) is 0 Å². The third-order valence-electron chi connectivity index (χ3n) is 18.3. The van der Waals surface area contributed by atoms with Gasteiger partial charge in [0.1, 0.15) is 20.0 Å². The van der Waals surface area contributed by atoms with E-state index < -0.39 is 22.5 Å². The predicted molar refractivity (Wildman–Crippen MR) is 422 cm³/mol. The van der Waals surface area contributed by atoms with E-state index in [0.29, 0.717) is 69.8 Å². The van der Waals surface area contributed by atoms with Crippen LogP contribution in [0.3, 0.4) is 0 Å². The number of ether oxygens (including phenoxy) is 5. The lowest BCUT2D eigenvalue weighted by Gasteiger charge is -2.45. The average Bonchev–Trinajstić information content (AvgIpc) is 0.743. The fourth-order valence-corrected chi connectivity index (χ4v) is 12.9. The molecule has 0 unspecified atom stereocenters. The van der Waals surface area contributed by atoms with Crippen molar-refractivity contribution in [3.05, 3.63) is 298 Å². The first-order valence-corrected chi connectivity index (χ1v) is 36.9. The molecule has 12 rings (SSSR count). The van der Waals surface area contributed by atoms with Gasteiger partial charge in [-0.2, -0.15) is 0 Å². The molecule has 0 aliphatic carbocycles. The highest BCUT2D eigenvalue weighted by molar-refractivity contribution is 5.98. The third-order valence-corrected chi connectivity index (χ3v) is 18.3. The van der Waals surface area contributed by atoms with Crippen LogP contribution in [0.5, 0.6) is 17.2 Å². The first-order chi connectivity index (χ1) is 53.5. The molecule has 110 heavy (non-hydrogen) atoms. The van der Waals surface area contributed by atoms with Gasteiger partial charge in [-0.05, 0) is 52.6 Å². The Labute approximate surface area is 641 Å². The number of pyridine rings is 3. The summed E-state index contributed by atoms with van der Waals surface area (Å²) in [6, 6.07) is 64.9. The van der Waals surface area contributed by atoms with Crippen LogP contribution in [0.15, 0.2) is 215 Å². The standard InChI is InChI=1S/C30H36N4O5.C28H34N4O4.C13H18N4O5.C13H12/c1-4-5-17-39-29-26(36)19-25(20-31-22(2)35)34-28(29)30(37)32(16-18-38-3)21-33(34)27(23-12-8-6-9-13-23)24-14-10-7-11-15-24;1-3-4-16-36-27-24(33)18-23(19-29)32-26(27)28(34)30(15-17-35-2)20-31(32)25(21-11-7-5-8-12-21)22-13-9-6-10-14-22;1-8(18)14-6-9-5-10(19)12(20)11-13(21)16(3-4-22-2)7-15-17(9)11;1-3-7-12(8-4-1)11-13-9-5-2-6-10-13/h6-15,19,27H,4-5,16-18,20-21H2,1-3H3,(H,31,35);5-14,18,25H,3-4,15-17,19-20,29H2,1-2H3;5,15,20H,3-4,6-7H2,1-2H3,(H,14,18);1-10H,11H2. The number of nitrogens with one attached hydrogen (secondary N) is 3. The van der Waals surface area contributed by atoms with E-state index in [4.69, 9.17) is 29.4 Å². The van der Waals surface area contributed by atoms with Crippen molar-refractivity contribution in [2.24, 2.45) is 5.73 Å². The average molecular weight is 1500 g/mol. The van der Waals surface area contributed by atoms with Gasteiger partial charge in [0.15, 0.2) is 34.3 Å². The number of carbonyl (C=O) groups is 5. The first kappa shape index (κ1) is 82.2. The molecule has 0 fully saturated rings. The zero-order valence-corrected chi connectivity index (χ0v) is 63.6. The molecule has 3 aliphatic rings. The van der Waals surface area contributed by atoms with Crippen molar-refractivity contribution in [1.29, 1.82) is 0 Å². The van der Waals surface area contributed by atoms with Crippen LogP contribution in [-0.2, 0) is 49.9 Å². The summed E-state index contributed by atoms with van der Waals surface area (Å²) in [5.41, 5.74) is 16.2. The first-order valence-electron chi connectivity index (χ1n) is 36.9. The Kier molecular flexibility index (Phi) is 31.0. The predicted octanol–water partition coefficient (Wildman–Crippen LogP) is 8.79. The maximum Gasteiger partial charge on any atom is 0.277 e. The molecule has 6 aromatic carbocycles. The molecule has 0 bridgehead atoms. The number of nitrogens with two attached hydrogens (primary N) is 1. The second-order valence-electron chi connectivity index (χ2n) is 26.2. The van der Waals surface area contributed by atoms with Crippen molar-refractivity contribution in [1.82, 2.24) is 39.4 Å². The smallest absolute Gasteiger partial charge is 0.277 e. The Hall–Kier alpha value is -11.8. The van der Waals surface area contributed by atoms with E-state index in [0.717, 1.165) is 54.4 Å². The molecule has 26 nitrogen and oxygen atoms in total. The fraction of sp³-hybridized carbons (Fsp3) is 0.333. The van der Waals surface area contributed by atoms with E-state index in [-0.39, 0.29) is 109 Å². The second kappa shape index (κ2) is 41.5.